The minimum atomic E-state index is -3.43. The van der Waals surface area contributed by atoms with Crippen molar-refractivity contribution in [3.8, 4) is 0 Å². The van der Waals surface area contributed by atoms with E-state index in [1.165, 1.54) is 0 Å². The highest BCUT2D eigenvalue weighted by Crippen LogP contribution is 2.47. The summed E-state index contributed by atoms with van der Waals surface area (Å²) < 4.78 is 27.2. The Morgan fingerprint density at radius 3 is 2.37 bits per heavy atom. The molecular formula is C12H23O6P. The zero-order valence-electron chi connectivity index (χ0n) is 11.5. The van der Waals surface area contributed by atoms with Gasteiger partial charge in [0.15, 0.2) is 0 Å². The van der Waals surface area contributed by atoms with Gasteiger partial charge in [-0.2, -0.15) is 0 Å². The van der Waals surface area contributed by atoms with Crippen LogP contribution in [0.1, 0.15) is 26.7 Å². The van der Waals surface area contributed by atoms with Gasteiger partial charge in [0.2, 0.25) is 0 Å². The second-order valence-corrected chi connectivity index (χ2v) is 5.81. The monoisotopic (exact) mass is 294 g/mol. The number of aliphatic hydroxyl groups is 1. The van der Waals surface area contributed by atoms with E-state index >= 15 is 0 Å². The van der Waals surface area contributed by atoms with E-state index < -0.39 is 25.8 Å². The second kappa shape index (κ2) is 10.1. The van der Waals surface area contributed by atoms with Crippen LogP contribution in [-0.2, 0) is 23.1 Å². The lowest BCUT2D eigenvalue weighted by Gasteiger charge is -2.19. The smallest absolute Gasteiger partial charge is 0.341 e. The average molecular weight is 294 g/mol. The third kappa shape index (κ3) is 8.16. The fraction of sp³-hybridized carbons (Fsp3) is 0.750. The number of hydrogen-bond donors (Lipinski definition) is 1. The first kappa shape index (κ1) is 18.3. The van der Waals surface area contributed by atoms with E-state index in [4.69, 9.17) is 18.9 Å². The third-order valence-electron chi connectivity index (χ3n) is 2.15. The fourth-order valence-electron chi connectivity index (χ4n) is 1.46. The van der Waals surface area contributed by atoms with Gasteiger partial charge in [0.05, 0.1) is 13.2 Å². The molecule has 0 saturated carbocycles. The molecule has 0 spiro atoms. The maximum atomic E-state index is 12.1. The maximum Gasteiger partial charge on any atom is 0.341 e. The Hall–Kier alpha value is -0.680. The topological polar surface area (TPSA) is 82.1 Å². The SMILES string of the molecule is C=CC[C@@H](CCO)OC(=O)CP(=O)(OCC)OCC. The lowest BCUT2D eigenvalue weighted by Crippen LogP contribution is -2.22. The molecule has 0 aromatic carbocycles. The molecule has 0 aromatic heterocycles. The van der Waals surface area contributed by atoms with E-state index in [1.54, 1.807) is 19.9 Å². The summed E-state index contributed by atoms with van der Waals surface area (Å²) in [7, 11) is -3.43. The number of aliphatic hydroxyl groups excluding tert-OH is 1. The van der Waals surface area contributed by atoms with Crippen molar-refractivity contribution in [2.75, 3.05) is 26.0 Å². The van der Waals surface area contributed by atoms with Crippen molar-refractivity contribution in [3.63, 3.8) is 0 Å². The summed E-state index contributed by atoms with van der Waals surface area (Å²) >= 11 is 0. The predicted molar refractivity (Wildman–Crippen MR) is 72.1 cm³/mol. The summed E-state index contributed by atoms with van der Waals surface area (Å²) in [5.74, 6) is -0.662. The third-order valence-corrected chi connectivity index (χ3v) is 4.10. The van der Waals surface area contributed by atoms with Crippen LogP contribution < -0.4 is 0 Å². The number of carbonyl (C=O) groups is 1. The highest BCUT2D eigenvalue weighted by atomic mass is 31.2. The molecule has 6 nitrogen and oxygen atoms in total. The molecule has 0 bridgehead atoms. The normalized spacial score (nSPS) is 13.0. The van der Waals surface area contributed by atoms with E-state index in [1.807, 2.05) is 0 Å². The molecule has 0 amide bonds. The molecule has 0 aromatic rings. The number of ether oxygens (including phenoxy) is 1. The molecule has 0 heterocycles. The minimum absolute atomic E-state index is 0.0969. The van der Waals surface area contributed by atoms with Crippen molar-refractivity contribution in [1.29, 1.82) is 0 Å². The molecule has 0 fully saturated rings. The first-order valence-corrected chi connectivity index (χ1v) is 8.03. The van der Waals surface area contributed by atoms with Crippen LogP contribution in [0.5, 0.6) is 0 Å². The van der Waals surface area contributed by atoms with Gasteiger partial charge in [0, 0.05) is 19.4 Å². The van der Waals surface area contributed by atoms with Crippen LogP contribution in [0, 0.1) is 0 Å². The summed E-state index contributed by atoms with van der Waals surface area (Å²) in [6.45, 7) is 7.17. The molecule has 0 rings (SSSR count). The maximum absolute atomic E-state index is 12.1. The molecule has 112 valence electrons. The van der Waals surface area contributed by atoms with Crippen molar-refractivity contribution >= 4 is 13.6 Å². The van der Waals surface area contributed by atoms with Crippen LogP contribution in [0.25, 0.3) is 0 Å². The molecule has 7 heteroatoms. The van der Waals surface area contributed by atoms with E-state index in [9.17, 15) is 9.36 Å². The highest BCUT2D eigenvalue weighted by molar-refractivity contribution is 7.54. The Kier molecular flexibility index (Phi) is 9.79. The van der Waals surface area contributed by atoms with Crippen molar-refractivity contribution in [3.05, 3.63) is 12.7 Å². The van der Waals surface area contributed by atoms with Gasteiger partial charge in [-0.15, -0.1) is 6.58 Å². The first-order chi connectivity index (χ1) is 9.01. The zero-order valence-corrected chi connectivity index (χ0v) is 12.4. The van der Waals surface area contributed by atoms with Gasteiger partial charge in [-0.25, -0.2) is 0 Å². The van der Waals surface area contributed by atoms with E-state index in [2.05, 4.69) is 6.58 Å². The van der Waals surface area contributed by atoms with Crippen molar-refractivity contribution in [2.45, 2.75) is 32.8 Å². The molecule has 0 aliphatic heterocycles. The highest BCUT2D eigenvalue weighted by Gasteiger charge is 2.29. The Balaban J connectivity index is 4.46. The van der Waals surface area contributed by atoms with Crippen molar-refractivity contribution < 1.29 is 28.3 Å². The van der Waals surface area contributed by atoms with Crippen LogP contribution in [-0.4, -0.2) is 43.2 Å². The molecule has 1 atom stereocenters. The number of rotatable bonds is 11. The largest absolute Gasteiger partial charge is 0.461 e. The lowest BCUT2D eigenvalue weighted by atomic mass is 10.2. The fourth-order valence-corrected chi connectivity index (χ4v) is 2.89. The average Bonchev–Trinajstić information content (AvgIpc) is 2.29. The van der Waals surface area contributed by atoms with Crippen molar-refractivity contribution in [1.82, 2.24) is 0 Å². The summed E-state index contributed by atoms with van der Waals surface area (Å²) in [5.41, 5.74) is 0. The molecule has 1 N–H and O–H groups in total. The van der Waals surface area contributed by atoms with E-state index in [0.717, 1.165) is 0 Å². The van der Waals surface area contributed by atoms with Gasteiger partial charge in [0.25, 0.3) is 0 Å². The summed E-state index contributed by atoms with van der Waals surface area (Å²) in [6.07, 6.45) is 1.45. The number of hydrogen-bond acceptors (Lipinski definition) is 6. The summed E-state index contributed by atoms with van der Waals surface area (Å²) in [4.78, 5) is 11.7. The quantitative estimate of drug-likeness (QED) is 0.357. The molecular weight excluding hydrogens is 271 g/mol. The lowest BCUT2D eigenvalue weighted by molar-refractivity contribution is -0.146. The van der Waals surface area contributed by atoms with Crippen LogP contribution >= 0.6 is 7.60 Å². The Labute approximate surface area is 114 Å². The van der Waals surface area contributed by atoms with Gasteiger partial charge >= 0.3 is 13.6 Å². The molecule has 0 saturated heterocycles. The van der Waals surface area contributed by atoms with Gasteiger partial charge in [-0.05, 0) is 13.8 Å². The van der Waals surface area contributed by atoms with Crippen LogP contribution in [0.4, 0.5) is 0 Å². The van der Waals surface area contributed by atoms with Crippen LogP contribution in [0.3, 0.4) is 0 Å². The predicted octanol–water partition coefficient (Wildman–Crippen LogP) is 2.12. The van der Waals surface area contributed by atoms with E-state index in [0.29, 0.717) is 12.8 Å². The number of carbonyl (C=O) groups excluding carboxylic acids is 1. The van der Waals surface area contributed by atoms with E-state index in [-0.39, 0.29) is 19.8 Å². The molecule has 0 unspecified atom stereocenters. The summed E-state index contributed by atoms with van der Waals surface area (Å²) in [5, 5.41) is 8.85. The Morgan fingerprint density at radius 2 is 1.95 bits per heavy atom. The molecule has 0 radical (unpaired) electrons. The van der Waals surface area contributed by atoms with Gasteiger partial charge in [-0.1, -0.05) is 6.08 Å². The minimum Gasteiger partial charge on any atom is -0.461 e. The van der Waals surface area contributed by atoms with Gasteiger partial charge in [0.1, 0.15) is 12.3 Å². The van der Waals surface area contributed by atoms with Gasteiger partial charge < -0.3 is 18.9 Å². The zero-order chi connectivity index (χ0) is 14.7. The van der Waals surface area contributed by atoms with Gasteiger partial charge in [-0.3, -0.25) is 9.36 Å². The second-order valence-electron chi connectivity index (χ2n) is 3.75. The molecule has 19 heavy (non-hydrogen) atoms. The summed E-state index contributed by atoms with van der Waals surface area (Å²) in [6, 6.07) is 0. The molecule has 0 aliphatic carbocycles. The van der Waals surface area contributed by atoms with Crippen molar-refractivity contribution in [2.24, 2.45) is 0 Å². The Morgan fingerprint density at radius 1 is 1.37 bits per heavy atom. The Bertz CT molecular complexity index is 307. The van der Waals surface area contributed by atoms with Crippen LogP contribution in [0.15, 0.2) is 12.7 Å². The molecule has 0 aliphatic rings. The first-order valence-electron chi connectivity index (χ1n) is 6.30. The standard InChI is InChI=1S/C12H23O6P/c1-4-7-11(8-9-13)18-12(14)10-19(15,16-5-2)17-6-3/h4,11,13H,1,5-10H2,2-3H3/t11-/m0/s1. The number of esters is 1. The van der Waals surface area contributed by atoms with Crippen LogP contribution in [0.2, 0.25) is 0 Å².